The number of thiophene rings is 1. The van der Waals surface area contributed by atoms with E-state index >= 15 is 0 Å². The van der Waals surface area contributed by atoms with Gasteiger partial charge in [-0.05, 0) is 52.6 Å². The first kappa shape index (κ1) is 12.4. The standard InChI is InChI=1S/C18H18S/c1-12(2)16-11-17(14-7-5-4-6-8-14)15-9-10-19-18(15)13(16)3/h4-12H,1-3H3. The Morgan fingerprint density at radius 1 is 1.00 bits per heavy atom. The summed E-state index contributed by atoms with van der Waals surface area (Å²) in [7, 11) is 0. The molecular weight excluding hydrogens is 248 g/mol. The Labute approximate surface area is 118 Å². The number of hydrogen-bond donors (Lipinski definition) is 0. The van der Waals surface area contributed by atoms with Crippen molar-refractivity contribution in [3.05, 3.63) is 59.0 Å². The van der Waals surface area contributed by atoms with E-state index in [1.54, 1.807) is 0 Å². The molecule has 19 heavy (non-hydrogen) atoms. The molecule has 0 atom stereocenters. The van der Waals surface area contributed by atoms with Crippen molar-refractivity contribution in [2.75, 3.05) is 0 Å². The predicted octanol–water partition coefficient (Wildman–Crippen LogP) is 6.00. The third-order valence-electron chi connectivity index (χ3n) is 3.74. The van der Waals surface area contributed by atoms with Crippen LogP contribution in [0.2, 0.25) is 0 Å². The normalized spacial score (nSPS) is 11.4. The largest absolute Gasteiger partial charge is 0.144 e. The van der Waals surface area contributed by atoms with E-state index in [1.807, 2.05) is 11.3 Å². The van der Waals surface area contributed by atoms with Gasteiger partial charge in [-0.1, -0.05) is 44.2 Å². The number of hydrogen-bond acceptors (Lipinski definition) is 1. The summed E-state index contributed by atoms with van der Waals surface area (Å²) < 4.78 is 1.44. The highest BCUT2D eigenvalue weighted by molar-refractivity contribution is 7.17. The lowest BCUT2D eigenvalue weighted by atomic mass is 9.91. The molecule has 0 saturated carbocycles. The van der Waals surface area contributed by atoms with Crippen LogP contribution in [0.15, 0.2) is 47.8 Å². The van der Waals surface area contributed by atoms with Crippen LogP contribution < -0.4 is 0 Å². The lowest BCUT2D eigenvalue weighted by Crippen LogP contribution is -1.94. The fourth-order valence-electron chi connectivity index (χ4n) is 2.74. The molecule has 0 nitrogen and oxygen atoms in total. The first-order valence-corrected chi connectivity index (χ1v) is 7.62. The van der Waals surface area contributed by atoms with Crippen LogP contribution in [0.1, 0.15) is 30.9 Å². The van der Waals surface area contributed by atoms with Crippen molar-refractivity contribution in [2.24, 2.45) is 0 Å². The molecule has 0 aliphatic rings. The molecule has 0 fully saturated rings. The third kappa shape index (κ3) is 2.08. The van der Waals surface area contributed by atoms with Gasteiger partial charge in [-0.2, -0.15) is 0 Å². The second-order valence-electron chi connectivity index (χ2n) is 5.32. The second kappa shape index (κ2) is 4.82. The summed E-state index contributed by atoms with van der Waals surface area (Å²) in [5.74, 6) is 0.564. The molecule has 0 amide bonds. The van der Waals surface area contributed by atoms with Gasteiger partial charge < -0.3 is 0 Å². The van der Waals surface area contributed by atoms with Crippen molar-refractivity contribution in [2.45, 2.75) is 26.7 Å². The van der Waals surface area contributed by atoms with Crippen molar-refractivity contribution in [1.82, 2.24) is 0 Å². The fourth-order valence-corrected chi connectivity index (χ4v) is 3.68. The highest BCUT2D eigenvalue weighted by Gasteiger charge is 2.13. The minimum Gasteiger partial charge on any atom is -0.144 e. The quantitative estimate of drug-likeness (QED) is 0.533. The van der Waals surface area contributed by atoms with E-state index < -0.39 is 0 Å². The van der Waals surface area contributed by atoms with Gasteiger partial charge in [-0.15, -0.1) is 11.3 Å². The SMILES string of the molecule is Cc1c(C(C)C)cc(-c2ccccc2)c2ccsc12. The molecule has 0 saturated heterocycles. The Kier molecular flexibility index (Phi) is 3.16. The summed E-state index contributed by atoms with van der Waals surface area (Å²) >= 11 is 1.85. The molecule has 96 valence electrons. The van der Waals surface area contributed by atoms with Crippen LogP contribution in [0.4, 0.5) is 0 Å². The van der Waals surface area contributed by atoms with E-state index in [0.29, 0.717) is 5.92 Å². The molecule has 0 bridgehead atoms. The number of fused-ring (bicyclic) bond motifs is 1. The van der Waals surface area contributed by atoms with Crippen molar-refractivity contribution in [1.29, 1.82) is 0 Å². The van der Waals surface area contributed by atoms with Gasteiger partial charge in [0.25, 0.3) is 0 Å². The maximum atomic E-state index is 2.38. The number of benzene rings is 2. The molecule has 0 aliphatic heterocycles. The minimum atomic E-state index is 0.564. The molecule has 1 aromatic heterocycles. The van der Waals surface area contributed by atoms with Crippen LogP contribution >= 0.6 is 11.3 Å². The molecule has 1 heteroatoms. The van der Waals surface area contributed by atoms with Gasteiger partial charge in [0.2, 0.25) is 0 Å². The number of aryl methyl sites for hydroxylation is 1. The van der Waals surface area contributed by atoms with E-state index in [9.17, 15) is 0 Å². The molecule has 0 radical (unpaired) electrons. The Morgan fingerprint density at radius 2 is 1.74 bits per heavy atom. The smallest absolute Gasteiger partial charge is 0.0380 e. The monoisotopic (exact) mass is 266 g/mol. The molecule has 2 aromatic carbocycles. The van der Waals surface area contributed by atoms with Crippen LogP contribution in [-0.2, 0) is 0 Å². The maximum Gasteiger partial charge on any atom is 0.0380 e. The molecular formula is C18H18S. The van der Waals surface area contributed by atoms with Gasteiger partial charge in [0.05, 0.1) is 0 Å². The summed E-state index contributed by atoms with van der Waals surface area (Å²) in [4.78, 5) is 0. The molecule has 0 unspecified atom stereocenters. The summed E-state index contributed by atoms with van der Waals surface area (Å²) in [5.41, 5.74) is 5.59. The summed E-state index contributed by atoms with van der Waals surface area (Å²) in [6.07, 6.45) is 0. The zero-order valence-corrected chi connectivity index (χ0v) is 12.4. The highest BCUT2D eigenvalue weighted by atomic mass is 32.1. The van der Waals surface area contributed by atoms with Crippen molar-refractivity contribution >= 4 is 21.4 Å². The Bertz CT molecular complexity index is 705. The molecule has 3 aromatic rings. The Balaban J connectivity index is 2.36. The number of rotatable bonds is 2. The molecule has 0 N–H and O–H groups in total. The van der Waals surface area contributed by atoms with Gasteiger partial charge in [0.15, 0.2) is 0 Å². The van der Waals surface area contributed by atoms with E-state index in [0.717, 1.165) is 0 Å². The van der Waals surface area contributed by atoms with Crippen LogP contribution in [0.3, 0.4) is 0 Å². The Hall–Kier alpha value is -1.60. The summed E-state index contributed by atoms with van der Waals surface area (Å²) in [5, 5.41) is 3.59. The molecule has 0 aliphatic carbocycles. The third-order valence-corrected chi connectivity index (χ3v) is 4.77. The zero-order chi connectivity index (χ0) is 13.4. The van der Waals surface area contributed by atoms with E-state index in [2.05, 4.69) is 68.6 Å². The average molecular weight is 266 g/mol. The van der Waals surface area contributed by atoms with Crippen molar-refractivity contribution in [3.8, 4) is 11.1 Å². The maximum absolute atomic E-state index is 2.38. The molecule has 3 rings (SSSR count). The zero-order valence-electron chi connectivity index (χ0n) is 11.6. The molecule has 0 spiro atoms. The van der Waals surface area contributed by atoms with E-state index in [-0.39, 0.29) is 0 Å². The summed E-state index contributed by atoms with van der Waals surface area (Å²) in [6.45, 7) is 6.80. The van der Waals surface area contributed by atoms with Gasteiger partial charge in [-0.25, -0.2) is 0 Å². The summed E-state index contributed by atoms with van der Waals surface area (Å²) in [6, 6.07) is 15.3. The van der Waals surface area contributed by atoms with E-state index in [4.69, 9.17) is 0 Å². The highest BCUT2D eigenvalue weighted by Crippen LogP contribution is 2.38. The first-order valence-electron chi connectivity index (χ1n) is 6.74. The predicted molar refractivity (Wildman–Crippen MR) is 86.1 cm³/mol. The second-order valence-corrected chi connectivity index (χ2v) is 6.24. The van der Waals surface area contributed by atoms with Gasteiger partial charge in [0.1, 0.15) is 0 Å². The van der Waals surface area contributed by atoms with Crippen LogP contribution in [0.5, 0.6) is 0 Å². The average Bonchev–Trinajstić information content (AvgIpc) is 2.89. The lowest BCUT2D eigenvalue weighted by Gasteiger charge is -2.14. The fraction of sp³-hybridized carbons (Fsp3) is 0.222. The topological polar surface area (TPSA) is 0 Å². The van der Waals surface area contributed by atoms with Crippen molar-refractivity contribution < 1.29 is 0 Å². The Morgan fingerprint density at radius 3 is 2.42 bits per heavy atom. The minimum absolute atomic E-state index is 0.564. The van der Waals surface area contributed by atoms with Crippen molar-refractivity contribution in [3.63, 3.8) is 0 Å². The lowest BCUT2D eigenvalue weighted by molar-refractivity contribution is 0.860. The van der Waals surface area contributed by atoms with E-state index in [1.165, 1.54) is 32.3 Å². The first-order chi connectivity index (χ1) is 9.18. The molecule has 1 heterocycles. The van der Waals surface area contributed by atoms with Crippen LogP contribution in [0.25, 0.3) is 21.2 Å². The van der Waals surface area contributed by atoms with Gasteiger partial charge in [-0.3, -0.25) is 0 Å². The van der Waals surface area contributed by atoms with Gasteiger partial charge in [0, 0.05) is 10.1 Å². The van der Waals surface area contributed by atoms with Crippen LogP contribution in [-0.4, -0.2) is 0 Å². The van der Waals surface area contributed by atoms with Gasteiger partial charge >= 0.3 is 0 Å². The van der Waals surface area contributed by atoms with Crippen LogP contribution in [0, 0.1) is 6.92 Å².